The molecule has 0 atom stereocenters. The first-order valence-electron chi connectivity index (χ1n) is 9.16. The SMILES string of the molecule is CC(C)N1CCc2c(c3cc(F)ccc3n2CCc2cncc(F)c2)C1. The molecule has 0 spiro atoms. The monoisotopic (exact) mass is 355 g/mol. The van der Waals surface area contributed by atoms with Crippen molar-refractivity contribution in [1.29, 1.82) is 0 Å². The van der Waals surface area contributed by atoms with Crippen LogP contribution in [0.5, 0.6) is 0 Å². The van der Waals surface area contributed by atoms with E-state index in [1.54, 1.807) is 12.3 Å². The Balaban J connectivity index is 1.73. The summed E-state index contributed by atoms with van der Waals surface area (Å²) >= 11 is 0. The van der Waals surface area contributed by atoms with Gasteiger partial charge in [0.1, 0.15) is 11.6 Å². The predicted molar refractivity (Wildman–Crippen MR) is 99.0 cm³/mol. The zero-order valence-corrected chi connectivity index (χ0v) is 15.2. The maximum Gasteiger partial charge on any atom is 0.141 e. The molecular weight excluding hydrogens is 332 g/mol. The molecule has 0 radical (unpaired) electrons. The minimum absolute atomic E-state index is 0.201. The number of rotatable bonds is 4. The van der Waals surface area contributed by atoms with E-state index < -0.39 is 0 Å². The Morgan fingerprint density at radius 1 is 1.12 bits per heavy atom. The minimum Gasteiger partial charge on any atom is -0.344 e. The number of halogens is 2. The Hall–Kier alpha value is -2.27. The molecule has 1 aliphatic rings. The summed E-state index contributed by atoms with van der Waals surface area (Å²) in [5.74, 6) is -0.509. The van der Waals surface area contributed by atoms with Crippen molar-refractivity contribution in [2.75, 3.05) is 6.54 Å². The van der Waals surface area contributed by atoms with Gasteiger partial charge in [0.2, 0.25) is 0 Å². The zero-order chi connectivity index (χ0) is 18.3. The summed E-state index contributed by atoms with van der Waals surface area (Å²) in [5.41, 5.74) is 4.46. The van der Waals surface area contributed by atoms with Crippen LogP contribution in [0.15, 0.2) is 36.7 Å². The Bertz CT molecular complexity index is 946. The number of pyridine rings is 1. The molecule has 0 saturated heterocycles. The standard InChI is InChI=1S/C21H23F2N3/c1-14(2)25-7-6-21-19(13-25)18-10-16(22)3-4-20(18)26(21)8-5-15-9-17(23)12-24-11-15/h3-4,9-12,14H,5-8,13H2,1-2H3. The first-order chi connectivity index (χ1) is 12.5. The Morgan fingerprint density at radius 3 is 2.73 bits per heavy atom. The van der Waals surface area contributed by atoms with Crippen molar-refractivity contribution in [2.24, 2.45) is 0 Å². The highest BCUT2D eigenvalue weighted by Crippen LogP contribution is 2.32. The molecule has 5 heteroatoms. The summed E-state index contributed by atoms with van der Waals surface area (Å²) in [4.78, 5) is 6.36. The van der Waals surface area contributed by atoms with E-state index in [2.05, 4.69) is 28.3 Å². The van der Waals surface area contributed by atoms with Crippen molar-refractivity contribution >= 4 is 10.9 Å². The van der Waals surface area contributed by atoms with Gasteiger partial charge in [-0.05, 0) is 55.7 Å². The molecule has 136 valence electrons. The normalized spacial score (nSPS) is 15.0. The van der Waals surface area contributed by atoms with Crippen LogP contribution < -0.4 is 0 Å². The molecule has 0 bridgehead atoms. The Morgan fingerprint density at radius 2 is 1.96 bits per heavy atom. The van der Waals surface area contributed by atoms with Gasteiger partial charge in [0, 0.05) is 54.9 Å². The second-order valence-electron chi connectivity index (χ2n) is 7.31. The van der Waals surface area contributed by atoms with Crippen LogP contribution >= 0.6 is 0 Å². The highest BCUT2D eigenvalue weighted by molar-refractivity contribution is 5.86. The van der Waals surface area contributed by atoms with Gasteiger partial charge in [-0.25, -0.2) is 8.78 Å². The summed E-state index contributed by atoms with van der Waals surface area (Å²) in [7, 11) is 0. The lowest BCUT2D eigenvalue weighted by Crippen LogP contribution is -2.36. The van der Waals surface area contributed by atoms with Gasteiger partial charge in [0.05, 0.1) is 6.20 Å². The van der Waals surface area contributed by atoms with Gasteiger partial charge in [-0.15, -0.1) is 0 Å². The molecule has 1 aromatic carbocycles. The third kappa shape index (κ3) is 3.12. The highest BCUT2D eigenvalue weighted by Gasteiger charge is 2.25. The molecule has 1 aliphatic heterocycles. The van der Waals surface area contributed by atoms with Crippen molar-refractivity contribution in [3.05, 3.63) is 65.1 Å². The summed E-state index contributed by atoms with van der Waals surface area (Å²) < 4.78 is 29.6. The van der Waals surface area contributed by atoms with Crippen molar-refractivity contribution in [3.63, 3.8) is 0 Å². The summed E-state index contributed by atoms with van der Waals surface area (Å²) in [6, 6.07) is 7.04. The first-order valence-corrected chi connectivity index (χ1v) is 9.16. The van der Waals surface area contributed by atoms with E-state index in [1.807, 2.05) is 6.07 Å². The molecular formula is C21H23F2N3. The van der Waals surface area contributed by atoms with E-state index in [1.165, 1.54) is 29.6 Å². The molecule has 26 heavy (non-hydrogen) atoms. The fraction of sp³-hybridized carbons (Fsp3) is 0.381. The third-order valence-electron chi connectivity index (χ3n) is 5.36. The van der Waals surface area contributed by atoms with Gasteiger partial charge >= 0.3 is 0 Å². The summed E-state index contributed by atoms with van der Waals surface area (Å²) in [6.07, 6.45) is 4.58. The quantitative estimate of drug-likeness (QED) is 0.695. The molecule has 0 N–H and O–H groups in total. The molecule has 0 amide bonds. The lowest BCUT2D eigenvalue weighted by Gasteiger charge is -2.31. The number of hydrogen-bond acceptors (Lipinski definition) is 2. The second kappa shape index (κ2) is 6.80. The molecule has 3 heterocycles. The fourth-order valence-corrected chi connectivity index (χ4v) is 3.97. The molecule has 2 aromatic heterocycles. The van der Waals surface area contributed by atoms with Gasteiger partial charge in [-0.3, -0.25) is 9.88 Å². The van der Waals surface area contributed by atoms with Gasteiger partial charge in [0.15, 0.2) is 0 Å². The van der Waals surface area contributed by atoms with E-state index in [0.29, 0.717) is 12.5 Å². The topological polar surface area (TPSA) is 21.1 Å². The highest BCUT2D eigenvalue weighted by atomic mass is 19.1. The number of aryl methyl sites for hydroxylation is 2. The van der Waals surface area contributed by atoms with Crippen molar-refractivity contribution in [2.45, 2.75) is 45.8 Å². The average molecular weight is 355 g/mol. The van der Waals surface area contributed by atoms with E-state index in [4.69, 9.17) is 0 Å². The average Bonchev–Trinajstić information content (AvgIpc) is 2.92. The Kier molecular flexibility index (Phi) is 4.49. The minimum atomic E-state index is -0.309. The number of benzene rings is 1. The van der Waals surface area contributed by atoms with Crippen LogP contribution in [0.4, 0.5) is 8.78 Å². The van der Waals surface area contributed by atoms with E-state index >= 15 is 0 Å². The van der Waals surface area contributed by atoms with Crippen LogP contribution in [-0.4, -0.2) is 27.0 Å². The molecule has 0 unspecified atom stereocenters. The van der Waals surface area contributed by atoms with Gasteiger partial charge in [-0.1, -0.05) is 0 Å². The molecule has 0 saturated carbocycles. The molecule has 0 fully saturated rings. The number of nitrogens with zero attached hydrogens (tertiary/aromatic N) is 3. The van der Waals surface area contributed by atoms with Crippen LogP contribution in [-0.2, 0) is 25.9 Å². The number of hydrogen-bond donors (Lipinski definition) is 0. The lowest BCUT2D eigenvalue weighted by atomic mass is 10.0. The van der Waals surface area contributed by atoms with Gasteiger partial charge in [-0.2, -0.15) is 0 Å². The lowest BCUT2D eigenvalue weighted by molar-refractivity contribution is 0.202. The van der Waals surface area contributed by atoms with Crippen molar-refractivity contribution < 1.29 is 8.78 Å². The molecule has 0 aliphatic carbocycles. The molecule has 3 aromatic rings. The number of aromatic nitrogens is 2. The second-order valence-corrected chi connectivity index (χ2v) is 7.31. The molecule has 3 nitrogen and oxygen atoms in total. The van der Waals surface area contributed by atoms with Crippen LogP contribution in [0, 0.1) is 11.6 Å². The van der Waals surface area contributed by atoms with Crippen molar-refractivity contribution in [3.8, 4) is 0 Å². The zero-order valence-electron chi connectivity index (χ0n) is 15.2. The van der Waals surface area contributed by atoms with Gasteiger partial charge in [0.25, 0.3) is 0 Å². The predicted octanol–water partition coefficient (Wildman–Crippen LogP) is 4.32. The third-order valence-corrected chi connectivity index (χ3v) is 5.36. The number of fused-ring (bicyclic) bond motifs is 3. The van der Waals surface area contributed by atoms with Crippen LogP contribution in [0.3, 0.4) is 0 Å². The summed E-state index contributed by atoms with van der Waals surface area (Å²) in [6.45, 7) is 6.99. The van der Waals surface area contributed by atoms with E-state index in [-0.39, 0.29) is 11.6 Å². The molecule has 4 rings (SSSR count). The van der Waals surface area contributed by atoms with Crippen LogP contribution in [0.2, 0.25) is 0 Å². The van der Waals surface area contributed by atoms with Gasteiger partial charge < -0.3 is 4.57 Å². The van der Waals surface area contributed by atoms with Crippen molar-refractivity contribution in [1.82, 2.24) is 14.5 Å². The van der Waals surface area contributed by atoms with Crippen LogP contribution in [0.1, 0.15) is 30.7 Å². The van der Waals surface area contributed by atoms with E-state index in [0.717, 1.165) is 42.5 Å². The van der Waals surface area contributed by atoms with E-state index in [9.17, 15) is 8.78 Å². The van der Waals surface area contributed by atoms with Crippen LogP contribution in [0.25, 0.3) is 10.9 Å². The maximum absolute atomic E-state index is 13.9. The first kappa shape index (κ1) is 17.2. The smallest absolute Gasteiger partial charge is 0.141 e. The largest absolute Gasteiger partial charge is 0.344 e. The summed E-state index contributed by atoms with van der Waals surface area (Å²) in [5, 5.41) is 1.00. The Labute approximate surface area is 152 Å². The maximum atomic E-state index is 13.9. The fourth-order valence-electron chi connectivity index (χ4n) is 3.97.